The smallest absolute Gasteiger partial charge is 0.366 e. The molecule has 0 saturated carbocycles. The molecule has 0 amide bonds. The summed E-state index contributed by atoms with van der Waals surface area (Å²) < 4.78 is 33.3. The van der Waals surface area contributed by atoms with Crippen molar-refractivity contribution in [2.45, 2.75) is 17.7 Å². The van der Waals surface area contributed by atoms with Crippen molar-refractivity contribution in [1.29, 1.82) is 0 Å². The Hall–Kier alpha value is -4.37. The van der Waals surface area contributed by atoms with Crippen molar-refractivity contribution < 1.29 is 37.7 Å². The van der Waals surface area contributed by atoms with E-state index in [0.717, 1.165) is 33.9 Å². The van der Waals surface area contributed by atoms with Gasteiger partial charge >= 0.3 is 11.9 Å². The summed E-state index contributed by atoms with van der Waals surface area (Å²) in [7, 11) is 0. The zero-order valence-corrected chi connectivity index (χ0v) is 22.6. The minimum absolute atomic E-state index is 0.0910. The molecule has 0 N–H and O–H groups in total. The van der Waals surface area contributed by atoms with Gasteiger partial charge < -0.3 is 18.9 Å². The molecule has 0 radical (unpaired) electrons. The Kier molecular flexibility index (Phi) is 12.0. The quantitative estimate of drug-likeness (QED) is 0.0886. The molecule has 3 aromatic carbocycles. The van der Waals surface area contributed by atoms with E-state index in [-0.39, 0.29) is 24.9 Å². The number of hydrogen-bond donors (Lipinski definition) is 0. The number of unbranched alkanes of at least 4 members (excludes halogenated alkanes) is 1. The maximum absolute atomic E-state index is 12.7. The molecule has 208 valence electrons. The Morgan fingerprint density at radius 3 is 1.88 bits per heavy atom. The topological polar surface area (TPSA) is 88.1 Å². The summed E-state index contributed by atoms with van der Waals surface area (Å²) in [5.74, 6) is -1.36. The minimum Gasteiger partial charge on any atom is -0.494 e. The molecule has 3 rings (SSSR count). The van der Waals surface area contributed by atoms with E-state index in [1.165, 1.54) is 0 Å². The first-order valence-corrected chi connectivity index (χ1v) is 13.3. The second-order valence-corrected chi connectivity index (χ2v) is 9.33. The lowest BCUT2D eigenvalue weighted by Crippen LogP contribution is -2.10. The Balaban J connectivity index is 1.41. The zero-order valence-electron chi connectivity index (χ0n) is 21.8. The molecule has 7 nitrogen and oxygen atoms in total. The Morgan fingerprint density at radius 1 is 0.725 bits per heavy atom. The van der Waals surface area contributed by atoms with Gasteiger partial charge in [0.25, 0.3) is 0 Å². The molecule has 0 aliphatic heterocycles. The van der Waals surface area contributed by atoms with Crippen molar-refractivity contribution in [3.63, 3.8) is 0 Å². The van der Waals surface area contributed by atoms with Gasteiger partial charge in [-0.2, -0.15) is 4.39 Å². The molecule has 0 aromatic heterocycles. The van der Waals surface area contributed by atoms with E-state index in [4.69, 9.17) is 18.9 Å². The molecule has 0 spiro atoms. The Bertz CT molecular complexity index is 1300. The van der Waals surface area contributed by atoms with Gasteiger partial charge in [0.05, 0.1) is 13.2 Å². The third-order valence-corrected chi connectivity index (χ3v) is 6.30. The highest BCUT2D eigenvalue weighted by molar-refractivity contribution is 8.14. The van der Waals surface area contributed by atoms with E-state index in [0.29, 0.717) is 36.5 Å². The SMILES string of the molecule is C=CC(=O)OCCOc1ccc(C(=O)Sc2ccc(-c3ccc(OCCCCOC(=O)C(=C)F)cc3)cc2)cc1. The van der Waals surface area contributed by atoms with Gasteiger partial charge in [-0.1, -0.05) is 37.4 Å². The average molecular weight is 565 g/mol. The van der Waals surface area contributed by atoms with Crippen LogP contribution in [0, 0.1) is 0 Å². The molecule has 0 fully saturated rings. The summed E-state index contributed by atoms with van der Waals surface area (Å²) in [5.41, 5.74) is 2.55. The number of hydrogen-bond acceptors (Lipinski definition) is 8. The van der Waals surface area contributed by atoms with Crippen LogP contribution in [0.5, 0.6) is 11.5 Å². The van der Waals surface area contributed by atoms with Crippen LogP contribution in [-0.2, 0) is 19.1 Å². The van der Waals surface area contributed by atoms with Crippen LogP contribution >= 0.6 is 11.8 Å². The van der Waals surface area contributed by atoms with Gasteiger partial charge in [-0.15, -0.1) is 0 Å². The average Bonchev–Trinajstić information content (AvgIpc) is 2.97. The van der Waals surface area contributed by atoms with Crippen LogP contribution in [-0.4, -0.2) is 43.5 Å². The van der Waals surface area contributed by atoms with Crippen LogP contribution in [0.3, 0.4) is 0 Å². The summed E-state index contributed by atoms with van der Waals surface area (Å²) in [6.07, 6.45) is 2.30. The molecule has 0 unspecified atom stereocenters. The van der Waals surface area contributed by atoms with Gasteiger partial charge in [0.2, 0.25) is 10.9 Å². The molecule has 0 aliphatic carbocycles. The molecule has 0 heterocycles. The third-order valence-electron chi connectivity index (χ3n) is 5.37. The number of rotatable bonds is 15. The number of esters is 2. The second-order valence-electron chi connectivity index (χ2n) is 8.28. The van der Waals surface area contributed by atoms with Gasteiger partial charge in [-0.3, -0.25) is 4.79 Å². The predicted octanol–water partition coefficient (Wildman–Crippen LogP) is 6.58. The summed E-state index contributed by atoms with van der Waals surface area (Å²) >= 11 is 1.14. The van der Waals surface area contributed by atoms with Crippen LogP contribution in [0.2, 0.25) is 0 Å². The van der Waals surface area contributed by atoms with E-state index < -0.39 is 17.8 Å². The summed E-state index contributed by atoms with van der Waals surface area (Å²) in [5, 5.41) is -0.0910. The van der Waals surface area contributed by atoms with E-state index in [9.17, 15) is 18.8 Å². The molecule has 3 aromatic rings. The molecule has 0 aliphatic rings. The van der Waals surface area contributed by atoms with E-state index in [2.05, 4.69) is 13.2 Å². The Labute approximate surface area is 236 Å². The van der Waals surface area contributed by atoms with Crippen LogP contribution in [0.15, 0.2) is 103 Å². The van der Waals surface area contributed by atoms with E-state index >= 15 is 0 Å². The first-order valence-electron chi connectivity index (χ1n) is 12.4. The maximum atomic E-state index is 12.7. The van der Waals surface area contributed by atoms with Crippen molar-refractivity contribution in [3.8, 4) is 22.6 Å². The van der Waals surface area contributed by atoms with Crippen molar-refractivity contribution in [3.05, 3.63) is 103 Å². The molecule has 9 heteroatoms. The molecule has 0 atom stereocenters. The van der Waals surface area contributed by atoms with Crippen LogP contribution < -0.4 is 9.47 Å². The normalized spacial score (nSPS) is 10.3. The number of ether oxygens (including phenoxy) is 4. The Morgan fingerprint density at radius 2 is 1.27 bits per heavy atom. The number of thioether (sulfide) groups is 1. The molecule has 0 bridgehead atoms. The van der Waals surface area contributed by atoms with Crippen LogP contribution in [0.4, 0.5) is 4.39 Å². The summed E-state index contributed by atoms with van der Waals surface area (Å²) in [6.45, 7) is 7.07. The first kappa shape index (κ1) is 30.2. The summed E-state index contributed by atoms with van der Waals surface area (Å²) in [4.78, 5) is 35.5. The van der Waals surface area contributed by atoms with Gasteiger partial charge in [0.1, 0.15) is 24.7 Å². The molecule has 40 heavy (non-hydrogen) atoms. The predicted molar refractivity (Wildman–Crippen MR) is 151 cm³/mol. The van der Waals surface area contributed by atoms with Crippen molar-refractivity contribution >= 4 is 28.8 Å². The third kappa shape index (κ3) is 10.1. The van der Waals surface area contributed by atoms with Gasteiger partial charge in [-0.05, 0) is 84.3 Å². The van der Waals surface area contributed by atoms with Gasteiger partial charge in [-0.25, -0.2) is 9.59 Å². The largest absolute Gasteiger partial charge is 0.494 e. The lowest BCUT2D eigenvalue weighted by atomic mass is 10.1. The standard InChI is InChI=1S/C31H29FO7S/c1-3-29(33)38-21-20-37-27-14-8-25(9-15-27)31(35)40-28-16-10-24(11-17-28)23-6-12-26(13-7-23)36-18-4-5-19-39-30(34)22(2)32/h3,6-17H,1-2,4-5,18-21H2. The van der Waals surface area contributed by atoms with Crippen LogP contribution in [0.25, 0.3) is 11.1 Å². The molecular weight excluding hydrogens is 535 g/mol. The maximum Gasteiger partial charge on any atom is 0.366 e. The van der Waals surface area contributed by atoms with Crippen molar-refractivity contribution in [2.75, 3.05) is 26.4 Å². The fourth-order valence-corrected chi connectivity index (χ4v) is 4.05. The van der Waals surface area contributed by atoms with E-state index in [1.807, 2.05) is 48.5 Å². The number of halogens is 1. The lowest BCUT2D eigenvalue weighted by Gasteiger charge is -2.09. The van der Waals surface area contributed by atoms with E-state index in [1.54, 1.807) is 24.3 Å². The van der Waals surface area contributed by atoms with Gasteiger partial charge in [0.15, 0.2) is 0 Å². The van der Waals surface area contributed by atoms with Crippen molar-refractivity contribution in [1.82, 2.24) is 0 Å². The van der Waals surface area contributed by atoms with Crippen LogP contribution in [0.1, 0.15) is 23.2 Å². The highest BCUT2D eigenvalue weighted by Gasteiger charge is 2.10. The molecule has 0 saturated heterocycles. The monoisotopic (exact) mass is 564 g/mol. The zero-order chi connectivity index (χ0) is 28.7. The summed E-state index contributed by atoms with van der Waals surface area (Å²) in [6, 6.07) is 22.1. The number of carbonyl (C=O) groups is 3. The minimum atomic E-state index is -1.10. The molecular formula is C31H29FO7S. The number of carbonyl (C=O) groups excluding carboxylic acids is 3. The highest BCUT2D eigenvalue weighted by atomic mass is 32.2. The lowest BCUT2D eigenvalue weighted by molar-refractivity contribution is -0.141. The fraction of sp³-hybridized carbons (Fsp3) is 0.194. The van der Waals surface area contributed by atoms with Crippen molar-refractivity contribution in [2.24, 2.45) is 0 Å². The van der Waals surface area contributed by atoms with Gasteiger partial charge in [0, 0.05) is 16.5 Å². The highest BCUT2D eigenvalue weighted by Crippen LogP contribution is 2.28. The second kappa shape index (κ2) is 15.9. The fourth-order valence-electron chi connectivity index (χ4n) is 3.31. The first-order chi connectivity index (χ1) is 19.4. The number of benzene rings is 3.